The lowest BCUT2D eigenvalue weighted by atomic mass is 9.72. The highest BCUT2D eigenvalue weighted by atomic mass is 16.2. The van der Waals surface area contributed by atoms with Crippen molar-refractivity contribution in [3.63, 3.8) is 0 Å². The summed E-state index contributed by atoms with van der Waals surface area (Å²) in [6.07, 6.45) is 0.561. The van der Waals surface area contributed by atoms with E-state index in [0.29, 0.717) is 12.9 Å². The van der Waals surface area contributed by atoms with Crippen LogP contribution < -0.4 is 0 Å². The maximum atomic E-state index is 12.5. The van der Waals surface area contributed by atoms with Crippen molar-refractivity contribution in [2.24, 2.45) is 11.3 Å². The summed E-state index contributed by atoms with van der Waals surface area (Å²) in [5, 5.41) is 0. The Balaban J connectivity index is 2.22. The predicted octanol–water partition coefficient (Wildman–Crippen LogP) is 2.65. The molecule has 0 aliphatic carbocycles. The molecule has 2 nitrogen and oxygen atoms in total. The molecule has 3 heteroatoms. The molecule has 1 aromatic rings. The third-order valence-electron chi connectivity index (χ3n) is 4.26. The molecule has 0 aromatic heterocycles. The van der Waals surface area contributed by atoms with E-state index in [1.165, 1.54) is 5.56 Å². The van der Waals surface area contributed by atoms with E-state index in [-0.39, 0.29) is 23.3 Å². The second-order valence-corrected chi connectivity index (χ2v) is 5.72. The van der Waals surface area contributed by atoms with Crippen LogP contribution >= 0.6 is 0 Å². The Morgan fingerprint density at radius 3 is 2.39 bits per heavy atom. The molecule has 2 atom stereocenters. The van der Waals surface area contributed by atoms with Crippen LogP contribution in [0.1, 0.15) is 26.3 Å². The fourth-order valence-electron chi connectivity index (χ4n) is 3.02. The van der Waals surface area contributed by atoms with Crippen molar-refractivity contribution in [1.29, 1.82) is 0 Å². The maximum absolute atomic E-state index is 12.5. The quantitative estimate of drug-likeness (QED) is 0.745. The number of nitrogens with zero attached hydrogens (tertiary/aromatic N) is 1. The lowest BCUT2D eigenvalue weighted by Crippen LogP contribution is -2.33. The third kappa shape index (κ3) is 2.07. The van der Waals surface area contributed by atoms with Crippen LogP contribution in [0.5, 0.6) is 0 Å². The molecule has 18 heavy (non-hydrogen) atoms. The van der Waals surface area contributed by atoms with Crippen LogP contribution in [0.3, 0.4) is 0 Å². The van der Waals surface area contributed by atoms with Crippen molar-refractivity contribution in [3.05, 3.63) is 35.9 Å². The van der Waals surface area contributed by atoms with Crippen LogP contribution in [-0.4, -0.2) is 24.7 Å². The Labute approximate surface area is 111 Å². The molecular formula is C15H20BNO. The van der Waals surface area contributed by atoms with E-state index in [0.717, 1.165) is 0 Å². The lowest BCUT2D eigenvalue weighted by Gasteiger charge is -2.25. The van der Waals surface area contributed by atoms with Crippen LogP contribution in [0.2, 0.25) is 6.32 Å². The smallest absolute Gasteiger partial charge is 0.229 e. The van der Waals surface area contributed by atoms with Gasteiger partial charge in [0.25, 0.3) is 0 Å². The first-order valence-corrected chi connectivity index (χ1v) is 6.53. The Morgan fingerprint density at radius 1 is 1.28 bits per heavy atom. The van der Waals surface area contributed by atoms with Gasteiger partial charge < -0.3 is 4.90 Å². The van der Waals surface area contributed by atoms with Crippen LogP contribution in [0.4, 0.5) is 0 Å². The molecule has 1 fully saturated rings. The summed E-state index contributed by atoms with van der Waals surface area (Å²) in [6.45, 7) is 6.80. The second-order valence-electron chi connectivity index (χ2n) is 5.72. The minimum absolute atomic E-state index is 0.206. The van der Waals surface area contributed by atoms with Crippen molar-refractivity contribution in [3.8, 4) is 0 Å². The van der Waals surface area contributed by atoms with E-state index < -0.39 is 0 Å². The third-order valence-corrected chi connectivity index (χ3v) is 4.26. The Bertz CT molecular complexity index is 429. The Hall–Kier alpha value is -1.25. The normalized spacial score (nSPS) is 26.6. The summed E-state index contributed by atoms with van der Waals surface area (Å²) in [7, 11) is 5.84. The average Bonchev–Trinajstić information content (AvgIpc) is 2.51. The van der Waals surface area contributed by atoms with Gasteiger partial charge in [0.2, 0.25) is 5.91 Å². The molecule has 0 bridgehead atoms. The minimum atomic E-state index is -0.344. The molecule has 1 aromatic carbocycles. The molecule has 0 N–H and O–H groups in total. The number of hydrogen-bond donors (Lipinski definition) is 0. The van der Waals surface area contributed by atoms with Crippen LogP contribution in [0, 0.1) is 11.3 Å². The average molecular weight is 241 g/mol. The zero-order valence-electron chi connectivity index (χ0n) is 11.4. The van der Waals surface area contributed by atoms with E-state index in [4.69, 9.17) is 7.85 Å². The van der Waals surface area contributed by atoms with Gasteiger partial charge in [-0.05, 0) is 18.4 Å². The largest absolute Gasteiger partial charge is 0.335 e. The van der Waals surface area contributed by atoms with Crippen molar-refractivity contribution in [2.45, 2.75) is 39.7 Å². The topological polar surface area (TPSA) is 20.3 Å². The van der Waals surface area contributed by atoms with Gasteiger partial charge in [0, 0.05) is 18.0 Å². The lowest BCUT2D eigenvalue weighted by molar-refractivity contribution is -0.136. The molecule has 2 unspecified atom stereocenters. The van der Waals surface area contributed by atoms with E-state index >= 15 is 0 Å². The zero-order chi connectivity index (χ0) is 13.3. The molecule has 0 saturated carbocycles. The highest BCUT2D eigenvalue weighted by Gasteiger charge is 2.50. The van der Waals surface area contributed by atoms with E-state index in [1.807, 2.05) is 36.9 Å². The molecule has 1 amide bonds. The van der Waals surface area contributed by atoms with Crippen molar-refractivity contribution in [1.82, 2.24) is 4.90 Å². The van der Waals surface area contributed by atoms with Gasteiger partial charge >= 0.3 is 0 Å². The van der Waals surface area contributed by atoms with Crippen molar-refractivity contribution >= 4 is 13.8 Å². The number of benzene rings is 1. The van der Waals surface area contributed by atoms with Gasteiger partial charge in [-0.1, -0.05) is 50.5 Å². The molecule has 1 saturated heterocycles. The van der Waals surface area contributed by atoms with Crippen LogP contribution in [0.15, 0.2) is 30.3 Å². The van der Waals surface area contributed by atoms with Gasteiger partial charge in [0.15, 0.2) is 0 Å². The zero-order valence-corrected chi connectivity index (χ0v) is 11.4. The molecule has 1 aliphatic rings. The number of likely N-dealkylation sites (tertiary alicyclic amines) is 1. The number of carbonyl (C=O) groups is 1. The fourth-order valence-corrected chi connectivity index (χ4v) is 3.02. The molecule has 0 spiro atoms. The van der Waals surface area contributed by atoms with Gasteiger partial charge in [-0.3, -0.25) is 4.79 Å². The van der Waals surface area contributed by atoms with Crippen LogP contribution in [0.25, 0.3) is 0 Å². The fraction of sp³-hybridized carbons (Fsp3) is 0.533. The SMILES string of the molecule is [B]CC1C(C)N(Cc2ccccc2)C(=O)C1(C)C. The highest BCUT2D eigenvalue weighted by molar-refractivity contribution is 6.09. The van der Waals surface area contributed by atoms with Crippen molar-refractivity contribution < 1.29 is 4.79 Å². The summed E-state index contributed by atoms with van der Waals surface area (Å²) >= 11 is 0. The summed E-state index contributed by atoms with van der Waals surface area (Å²) in [5.74, 6) is 0.447. The number of amides is 1. The first-order chi connectivity index (χ1) is 8.48. The Morgan fingerprint density at radius 2 is 1.89 bits per heavy atom. The van der Waals surface area contributed by atoms with Gasteiger partial charge in [-0.25, -0.2) is 0 Å². The van der Waals surface area contributed by atoms with Gasteiger partial charge in [-0.2, -0.15) is 0 Å². The standard InChI is InChI=1S/C15H20BNO/c1-11-13(9-16)15(2,3)14(18)17(11)10-12-7-5-4-6-8-12/h4-8,11,13H,9-10H2,1-3H3. The summed E-state index contributed by atoms with van der Waals surface area (Å²) in [4.78, 5) is 14.4. The first kappa shape index (κ1) is 13.2. The van der Waals surface area contributed by atoms with E-state index in [9.17, 15) is 4.79 Å². The van der Waals surface area contributed by atoms with Crippen LogP contribution in [-0.2, 0) is 11.3 Å². The molecule has 94 valence electrons. The van der Waals surface area contributed by atoms with Gasteiger partial charge in [-0.15, -0.1) is 0 Å². The predicted molar refractivity (Wildman–Crippen MR) is 74.3 cm³/mol. The molecular weight excluding hydrogens is 221 g/mol. The van der Waals surface area contributed by atoms with E-state index in [2.05, 4.69) is 19.1 Å². The molecule has 2 rings (SSSR count). The molecule has 2 radical (unpaired) electrons. The second kappa shape index (κ2) is 4.79. The Kier molecular flexibility index (Phi) is 3.51. The summed E-state index contributed by atoms with van der Waals surface area (Å²) in [5.41, 5.74) is 0.828. The van der Waals surface area contributed by atoms with E-state index in [1.54, 1.807) is 0 Å². The number of hydrogen-bond acceptors (Lipinski definition) is 1. The van der Waals surface area contributed by atoms with Gasteiger partial charge in [0.05, 0.1) is 7.85 Å². The molecule has 1 heterocycles. The van der Waals surface area contributed by atoms with Crippen molar-refractivity contribution in [2.75, 3.05) is 0 Å². The monoisotopic (exact) mass is 241 g/mol. The summed E-state index contributed by atoms with van der Waals surface area (Å²) in [6, 6.07) is 10.3. The van der Waals surface area contributed by atoms with Gasteiger partial charge in [0.1, 0.15) is 0 Å². The first-order valence-electron chi connectivity index (χ1n) is 6.53. The molecule has 1 aliphatic heterocycles. The number of carbonyl (C=O) groups excluding carboxylic acids is 1. The summed E-state index contributed by atoms with van der Waals surface area (Å²) < 4.78 is 0. The highest BCUT2D eigenvalue weighted by Crippen LogP contribution is 2.43. The maximum Gasteiger partial charge on any atom is 0.229 e. The minimum Gasteiger partial charge on any atom is -0.335 e. The number of rotatable bonds is 3.